The molecule has 0 amide bonds. The highest BCUT2D eigenvalue weighted by Gasteiger charge is 2.26. The molecule has 0 radical (unpaired) electrons. The van der Waals surface area contributed by atoms with Gasteiger partial charge in [0.15, 0.2) is 29.2 Å². The van der Waals surface area contributed by atoms with E-state index in [-0.39, 0.29) is 0 Å². The van der Waals surface area contributed by atoms with Crippen molar-refractivity contribution in [1.29, 1.82) is 0 Å². The van der Waals surface area contributed by atoms with E-state index < -0.39 is 52.4 Å². The average molecular weight is 293 g/mol. The van der Waals surface area contributed by atoms with Crippen LogP contribution in [-0.4, -0.2) is 11.1 Å². The van der Waals surface area contributed by atoms with E-state index in [4.69, 9.17) is 5.11 Å². The van der Waals surface area contributed by atoms with E-state index >= 15 is 0 Å². The monoisotopic (exact) mass is 293 g/mol. The van der Waals surface area contributed by atoms with Crippen LogP contribution in [0.3, 0.4) is 0 Å². The number of halogens is 5. The molecule has 4 nitrogen and oxygen atoms in total. The van der Waals surface area contributed by atoms with Crippen molar-refractivity contribution in [2.75, 3.05) is 5.32 Å². The molecule has 0 fully saturated rings. The van der Waals surface area contributed by atoms with Crippen molar-refractivity contribution in [2.24, 2.45) is 0 Å². The number of furan rings is 1. The topological polar surface area (TPSA) is 62.5 Å². The van der Waals surface area contributed by atoms with Crippen molar-refractivity contribution in [3.63, 3.8) is 0 Å². The number of aromatic carboxylic acids is 1. The van der Waals surface area contributed by atoms with E-state index in [1.54, 1.807) is 5.32 Å². The predicted octanol–water partition coefficient (Wildman–Crippen LogP) is 3.42. The molecule has 0 saturated carbocycles. The minimum atomic E-state index is -2.30. The first-order valence-corrected chi connectivity index (χ1v) is 4.94. The Kier molecular flexibility index (Phi) is 3.35. The third-order valence-corrected chi connectivity index (χ3v) is 2.27. The molecule has 2 aromatic rings. The Balaban J connectivity index is 2.45. The Morgan fingerprint density at radius 1 is 0.950 bits per heavy atom. The minimum absolute atomic E-state index is 0.495. The van der Waals surface area contributed by atoms with E-state index in [2.05, 4.69) is 4.42 Å². The van der Waals surface area contributed by atoms with Crippen LogP contribution in [0.1, 0.15) is 10.6 Å². The molecule has 0 saturated heterocycles. The van der Waals surface area contributed by atoms with Gasteiger partial charge in [-0.25, -0.2) is 26.7 Å². The fourth-order valence-corrected chi connectivity index (χ4v) is 1.36. The lowest BCUT2D eigenvalue weighted by Gasteiger charge is -2.08. The normalized spacial score (nSPS) is 10.7. The molecule has 0 unspecified atom stereocenters. The molecule has 0 atom stereocenters. The van der Waals surface area contributed by atoms with E-state index in [0.29, 0.717) is 0 Å². The fraction of sp³-hybridized carbons (Fsp3) is 0. The van der Waals surface area contributed by atoms with Crippen LogP contribution in [0.4, 0.5) is 33.5 Å². The predicted molar refractivity (Wildman–Crippen MR) is 55.2 cm³/mol. The van der Waals surface area contributed by atoms with E-state index in [1.165, 1.54) is 0 Å². The van der Waals surface area contributed by atoms with Crippen LogP contribution in [0.15, 0.2) is 16.5 Å². The number of carboxylic acid groups (broad SMARTS) is 1. The summed E-state index contributed by atoms with van der Waals surface area (Å²) in [6.45, 7) is 0. The summed E-state index contributed by atoms with van der Waals surface area (Å²) in [5.74, 6) is -13.3. The summed E-state index contributed by atoms with van der Waals surface area (Å²) in [6.07, 6.45) is 0. The van der Waals surface area contributed by atoms with Crippen LogP contribution < -0.4 is 5.32 Å². The Labute approximate surface area is 107 Å². The SMILES string of the molecule is O=C(O)c1ccc(Nc2c(F)c(F)c(F)c(F)c2F)o1. The van der Waals surface area contributed by atoms with Gasteiger partial charge >= 0.3 is 5.97 Å². The molecule has 0 spiro atoms. The molecule has 1 aromatic heterocycles. The standard InChI is InChI=1S/C11H4F5NO3/c12-5-6(13)8(15)10(9(16)7(5)14)17-4-2-1-3(20-4)11(18)19/h1-2,17H,(H,18,19). The summed E-state index contributed by atoms with van der Waals surface area (Å²) in [5, 5.41) is 10.4. The van der Waals surface area contributed by atoms with Gasteiger partial charge in [0, 0.05) is 6.07 Å². The first-order valence-electron chi connectivity index (χ1n) is 4.94. The van der Waals surface area contributed by atoms with Crippen molar-refractivity contribution >= 4 is 17.5 Å². The number of hydrogen-bond donors (Lipinski definition) is 2. The van der Waals surface area contributed by atoms with Crippen molar-refractivity contribution in [3.8, 4) is 0 Å². The Morgan fingerprint density at radius 3 is 1.90 bits per heavy atom. The van der Waals surface area contributed by atoms with Gasteiger partial charge < -0.3 is 14.8 Å². The number of benzene rings is 1. The lowest BCUT2D eigenvalue weighted by Crippen LogP contribution is -2.06. The summed E-state index contributed by atoms with van der Waals surface area (Å²) in [4.78, 5) is 10.5. The molecule has 9 heteroatoms. The van der Waals surface area contributed by atoms with Gasteiger partial charge in [-0.05, 0) is 6.07 Å². The van der Waals surface area contributed by atoms with Crippen LogP contribution in [0.5, 0.6) is 0 Å². The summed E-state index contributed by atoms with van der Waals surface area (Å²) in [5.41, 5.74) is -1.34. The quantitative estimate of drug-likeness (QED) is 0.517. The molecule has 0 aliphatic rings. The largest absolute Gasteiger partial charge is 0.475 e. The molecular formula is C11H4F5NO3. The average Bonchev–Trinajstić information content (AvgIpc) is 2.88. The second-order valence-electron chi connectivity index (χ2n) is 3.54. The Morgan fingerprint density at radius 2 is 1.45 bits per heavy atom. The number of anilines is 2. The highest BCUT2D eigenvalue weighted by atomic mass is 19.2. The van der Waals surface area contributed by atoms with E-state index in [9.17, 15) is 26.7 Å². The number of rotatable bonds is 3. The van der Waals surface area contributed by atoms with Crippen LogP contribution >= 0.6 is 0 Å². The second-order valence-corrected chi connectivity index (χ2v) is 3.54. The number of hydrogen-bond acceptors (Lipinski definition) is 3. The molecule has 1 aromatic carbocycles. The van der Waals surface area contributed by atoms with Crippen LogP contribution in [0.2, 0.25) is 0 Å². The van der Waals surface area contributed by atoms with Crippen molar-refractivity contribution < 1.29 is 36.3 Å². The molecule has 0 aliphatic heterocycles. The lowest BCUT2D eigenvalue weighted by atomic mass is 10.2. The number of nitrogens with one attached hydrogen (secondary N) is 1. The molecule has 1 heterocycles. The summed E-state index contributed by atoms with van der Waals surface area (Å²) < 4.78 is 69.8. The molecule has 2 N–H and O–H groups in total. The Bertz CT molecular complexity index is 669. The lowest BCUT2D eigenvalue weighted by molar-refractivity contribution is 0.0663. The molecule has 2 rings (SSSR count). The van der Waals surface area contributed by atoms with Crippen LogP contribution in [0.25, 0.3) is 0 Å². The highest BCUT2D eigenvalue weighted by Crippen LogP contribution is 2.30. The minimum Gasteiger partial charge on any atom is -0.475 e. The first kappa shape index (κ1) is 13.8. The van der Waals surface area contributed by atoms with Gasteiger partial charge in [0.05, 0.1) is 0 Å². The van der Waals surface area contributed by atoms with Crippen molar-refractivity contribution in [2.45, 2.75) is 0 Å². The van der Waals surface area contributed by atoms with Crippen LogP contribution in [-0.2, 0) is 0 Å². The Hall–Kier alpha value is -2.58. The number of carbonyl (C=O) groups is 1. The van der Waals surface area contributed by atoms with Crippen molar-refractivity contribution in [3.05, 3.63) is 47.0 Å². The molecule has 106 valence electrons. The maximum atomic E-state index is 13.3. The summed E-state index contributed by atoms with van der Waals surface area (Å²) in [6, 6.07) is 1.90. The molecule has 0 bridgehead atoms. The highest BCUT2D eigenvalue weighted by molar-refractivity contribution is 5.85. The fourth-order valence-electron chi connectivity index (χ4n) is 1.36. The van der Waals surface area contributed by atoms with Gasteiger partial charge in [-0.15, -0.1) is 0 Å². The van der Waals surface area contributed by atoms with E-state index in [0.717, 1.165) is 12.1 Å². The molecular weight excluding hydrogens is 289 g/mol. The van der Waals surface area contributed by atoms with Crippen molar-refractivity contribution in [1.82, 2.24) is 0 Å². The molecule has 0 aliphatic carbocycles. The van der Waals surface area contributed by atoms with Gasteiger partial charge in [0.25, 0.3) is 0 Å². The van der Waals surface area contributed by atoms with Gasteiger partial charge in [0.1, 0.15) is 5.69 Å². The third-order valence-electron chi connectivity index (χ3n) is 2.27. The second kappa shape index (κ2) is 4.83. The number of carboxylic acids is 1. The van der Waals surface area contributed by atoms with Gasteiger partial charge in [0.2, 0.25) is 11.6 Å². The zero-order valence-corrected chi connectivity index (χ0v) is 9.31. The zero-order chi connectivity index (χ0) is 15.0. The smallest absolute Gasteiger partial charge is 0.371 e. The third kappa shape index (κ3) is 2.17. The van der Waals surface area contributed by atoms with E-state index in [1.807, 2.05) is 0 Å². The van der Waals surface area contributed by atoms with Gasteiger partial charge in [-0.1, -0.05) is 0 Å². The maximum Gasteiger partial charge on any atom is 0.371 e. The first-order chi connectivity index (χ1) is 9.32. The summed E-state index contributed by atoms with van der Waals surface area (Å²) in [7, 11) is 0. The summed E-state index contributed by atoms with van der Waals surface area (Å²) >= 11 is 0. The maximum absolute atomic E-state index is 13.3. The molecule has 20 heavy (non-hydrogen) atoms. The van der Waals surface area contributed by atoms with Crippen LogP contribution in [0, 0.1) is 29.1 Å². The zero-order valence-electron chi connectivity index (χ0n) is 9.31. The van der Waals surface area contributed by atoms with Gasteiger partial charge in [-0.3, -0.25) is 0 Å². The van der Waals surface area contributed by atoms with Gasteiger partial charge in [-0.2, -0.15) is 0 Å².